The molecular weight excluding hydrogens is 106 g/mol. The molecule has 0 atom stereocenters. The van der Waals surface area contributed by atoms with E-state index in [-0.39, 0.29) is 6.61 Å². The standard InChI is InChI=1S/C5H6NO2/c1-4-5(2-7)6-3-8-4/h7H,2H2,1H3. The van der Waals surface area contributed by atoms with Crippen molar-refractivity contribution in [3.63, 3.8) is 0 Å². The molecule has 3 nitrogen and oxygen atoms in total. The lowest BCUT2D eigenvalue weighted by Gasteiger charge is -1.83. The molecule has 0 bridgehead atoms. The molecule has 3 heteroatoms. The molecule has 1 radical (unpaired) electrons. The monoisotopic (exact) mass is 112 g/mol. The molecule has 0 unspecified atom stereocenters. The maximum Gasteiger partial charge on any atom is 0.284 e. The van der Waals surface area contributed by atoms with Crippen LogP contribution in [-0.4, -0.2) is 10.1 Å². The Labute approximate surface area is 47.0 Å². The van der Waals surface area contributed by atoms with Crippen LogP contribution in [0.1, 0.15) is 11.5 Å². The highest BCUT2D eigenvalue weighted by Crippen LogP contribution is 2.01. The van der Waals surface area contributed by atoms with Gasteiger partial charge in [0.1, 0.15) is 11.5 Å². The summed E-state index contributed by atoms with van der Waals surface area (Å²) in [6.07, 6.45) is 2.26. The second-order valence-electron chi connectivity index (χ2n) is 1.47. The van der Waals surface area contributed by atoms with Crippen LogP contribution in [-0.2, 0) is 6.61 Å². The third kappa shape index (κ3) is 0.721. The number of oxazole rings is 1. The van der Waals surface area contributed by atoms with Crippen LogP contribution in [0.3, 0.4) is 0 Å². The lowest BCUT2D eigenvalue weighted by molar-refractivity contribution is 0.275. The fourth-order valence-electron chi connectivity index (χ4n) is 0.431. The number of aromatic nitrogens is 1. The lowest BCUT2D eigenvalue weighted by Crippen LogP contribution is -1.83. The van der Waals surface area contributed by atoms with Crippen molar-refractivity contribution in [2.75, 3.05) is 0 Å². The average Bonchev–Trinajstić information content (AvgIpc) is 2.14. The van der Waals surface area contributed by atoms with Gasteiger partial charge in [0.15, 0.2) is 0 Å². The second-order valence-corrected chi connectivity index (χ2v) is 1.47. The van der Waals surface area contributed by atoms with E-state index >= 15 is 0 Å². The Bertz CT molecular complexity index is 171. The van der Waals surface area contributed by atoms with Gasteiger partial charge < -0.3 is 9.52 Å². The molecule has 43 valence electrons. The summed E-state index contributed by atoms with van der Waals surface area (Å²) in [6.45, 7) is 1.66. The molecule has 0 spiro atoms. The Kier molecular flexibility index (Phi) is 1.30. The molecule has 1 N–H and O–H groups in total. The Morgan fingerprint density at radius 3 is 2.88 bits per heavy atom. The van der Waals surface area contributed by atoms with Gasteiger partial charge in [0.25, 0.3) is 6.39 Å². The fraction of sp³-hybridized carbons (Fsp3) is 0.400. The Hall–Kier alpha value is -0.830. The van der Waals surface area contributed by atoms with E-state index < -0.39 is 0 Å². The van der Waals surface area contributed by atoms with E-state index in [0.717, 1.165) is 0 Å². The minimum absolute atomic E-state index is 0.0706. The van der Waals surface area contributed by atoms with Crippen LogP contribution in [0.15, 0.2) is 4.42 Å². The summed E-state index contributed by atoms with van der Waals surface area (Å²) in [5, 5.41) is 8.46. The number of aliphatic hydroxyl groups excluding tert-OH is 1. The van der Waals surface area contributed by atoms with Gasteiger partial charge in [-0.3, -0.25) is 0 Å². The van der Waals surface area contributed by atoms with Crippen LogP contribution < -0.4 is 0 Å². The Balaban J connectivity index is 2.92. The van der Waals surface area contributed by atoms with Gasteiger partial charge in [-0.25, -0.2) is 4.98 Å². The highest BCUT2D eigenvalue weighted by Gasteiger charge is 1.98. The predicted molar refractivity (Wildman–Crippen MR) is 26.0 cm³/mol. The van der Waals surface area contributed by atoms with Crippen LogP contribution in [0, 0.1) is 13.3 Å². The number of aryl methyl sites for hydroxylation is 1. The summed E-state index contributed by atoms with van der Waals surface area (Å²) < 4.78 is 4.66. The molecule has 0 aliphatic rings. The van der Waals surface area contributed by atoms with Crippen molar-refractivity contribution in [1.82, 2.24) is 4.98 Å². The minimum Gasteiger partial charge on any atom is -0.438 e. The summed E-state index contributed by atoms with van der Waals surface area (Å²) in [6, 6.07) is 0. The SMILES string of the molecule is Cc1o[c]nc1CO. The van der Waals surface area contributed by atoms with E-state index in [2.05, 4.69) is 15.8 Å². The molecule has 8 heavy (non-hydrogen) atoms. The first kappa shape index (κ1) is 5.31. The van der Waals surface area contributed by atoms with Crippen molar-refractivity contribution >= 4 is 0 Å². The smallest absolute Gasteiger partial charge is 0.284 e. The van der Waals surface area contributed by atoms with E-state index in [1.807, 2.05) is 0 Å². The van der Waals surface area contributed by atoms with Gasteiger partial charge >= 0.3 is 0 Å². The number of rotatable bonds is 1. The maximum atomic E-state index is 8.46. The summed E-state index contributed by atoms with van der Waals surface area (Å²) in [7, 11) is 0. The average molecular weight is 112 g/mol. The predicted octanol–water partition coefficient (Wildman–Crippen LogP) is 0.276. The molecule has 1 rings (SSSR count). The molecule has 0 aliphatic carbocycles. The third-order valence-corrected chi connectivity index (χ3v) is 0.935. The first-order chi connectivity index (χ1) is 3.84. The molecule has 0 amide bonds. The molecule has 0 aliphatic heterocycles. The summed E-state index contributed by atoms with van der Waals surface area (Å²) in [4.78, 5) is 3.59. The number of aliphatic hydroxyl groups is 1. The molecule has 1 aromatic heterocycles. The highest BCUT2D eigenvalue weighted by atomic mass is 16.3. The van der Waals surface area contributed by atoms with Crippen molar-refractivity contribution in [2.24, 2.45) is 0 Å². The van der Waals surface area contributed by atoms with E-state index in [1.54, 1.807) is 6.92 Å². The lowest BCUT2D eigenvalue weighted by atomic mass is 10.4. The van der Waals surface area contributed by atoms with Crippen molar-refractivity contribution in [3.8, 4) is 0 Å². The number of nitrogens with zero attached hydrogens (tertiary/aromatic N) is 1. The zero-order chi connectivity index (χ0) is 5.98. The van der Waals surface area contributed by atoms with E-state index in [4.69, 9.17) is 5.11 Å². The van der Waals surface area contributed by atoms with Gasteiger partial charge in [0.05, 0.1) is 6.61 Å². The van der Waals surface area contributed by atoms with Crippen LogP contribution in [0.25, 0.3) is 0 Å². The van der Waals surface area contributed by atoms with Crippen molar-refractivity contribution in [2.45, 2.75) is 13.5 Å². The van der Waals surface area contributed by atoms with Crippen LogP contribution in [0.2, 0.25) is 0 Å². The highest BCUT2D eigenvalue weighted by molar-refractivity contribution is 5.01. The van der Waals surface area contributed by atoms with Crippen molar-refractivity contribution in [3.05, 3.63) is 17.8 Å². The molecule has 0 aromatic carbocycles. The third-order valence-electron chi connectivity index (χ3n) is 0.935. The zero-order valence-electron chi connectivity index (χ0n) is 4.51. The Morgan fingerprint density at radius 1 is 1.88 bits per heavy atom. The first-order valence-corrected chi connectivity index (χ1v) is 2.28. The van der Waals surface area contributed by atoms with Crippen LogP contribution in [0.5, 0.6) is 0 Å². The molecule has 1 aromatic rings. The molecule has 0 saturated heterocycles. The molecule has 0 fully saturated rings. The van der Waals surface area contributed by atoms with Gasteiger partial charge in [-0.2, -0.15) is 0 Å². The van der Waals surface area contributed by atoms with E-state index in [0.29, 0.717) is 11.5 Å². The van der Waals surface area contributed by atoms with Gasteiger partial charge in [-0.1, -0.05) is 0 Å². The normalized spacial score (nSPS) is 9.75. The molecule has 0 saturated carbocycles. The van der Waals surface area contributed by atoms with E-state index in [1.165, 1.54) is 0 Å². The van der Waals surface area contributed by atoms with Crippen LogP contribution >= 0.6 is 0 Å². The largest absolute Gasteiger partial charge is 0.438 e. The van der Waals surface area contributed by atoms with Crippen LogP contribution in [0.4, 0.5) is 0 Å². The van der Waals surface area contributed by atoms with Crippen molar-refractivity contribution < 1.29 is 9.52 Å². The van der Waals surface area contributed by atoms with Gasteiger partial charge in [0.2, 0.25) is 0 Å². The van der Waals surface area contributed by atoms with E-state index in [9.17, 15) is 0 Å². The summed E-state index contributed by atoms with van der Waals surface area (Å²) in [5.41, 5.74) is 0.560. The minimum atomic E-state index is -0.0706. The van der Waals surface area contributed by atoms with Crippen molar-refractivity contribution in [1.29, 1.82) is 0 Å². The molecular formula is C5H6NO2. The molecule has 1 heterocycles. The van der Waals surface area contributed by atoms with Gasteiger partial charge in [-0.05, 0) is 6.92 Å². The summed E-state index contributed by atoms with van der Waals surface area (Å²) >= 11 is 0. The summed E-state index contributed by atoms with van der Waals surface area (Å²) in [5.74, 6) is 0.632. The quantitative estimate of drug-likeness (QED) is 0.567. The Morgan fingerprint density at radius 2 is 2.62 bits per heavy atom. The first-order valence-electron chi connectivity index (χ1n) is 2.28. The number of hydrogen-bond acceptors (Lipinski definition) is 3. The maximum absolute atomic E-state index is 8.46. The topological polar surface area (TPSA) is 46.3 Å². The van der Waals surface area contributed by atoms with Gasteiger partial charge in [-0.15, -0.1) is 0 Å². The fourth-order valence-corrected chi connectivity index (χ4v) is 0.431. The van der Waals surface area contributed by atoms with Gasteiger partial charge in [0, 0.05) is 0 Å². The number of hydrogen-bond donors (Lipinski definition) is 1. The zero-order valence-corrected chi connectivity index (χ0v) is 4.51. The second kappa shape index (κ2) is 1.96.